The molecule has 0 unspecified atom stereocenters. The summed E-state index contributed by atoms with van der Waals surface area (Å²) in [5.41, 5.74) is 4.05. The summed E-state index contributed by atoms with van der Waals surface area (Å²) in [6, 6.07) is 32.0. The number of carbonyl (C=O) groups excluding carboxylic acids is 1. The Bertz CT molecular complexity index is 1080. The van der Waals surface area contributed by atoms with Gasteiger partial charge in [-0.1, -0.05) is 84.9 Å². The van der Waals surface area contributed by atoms with Gasteiger partial charge in [0.25, 0.3) is 0 Å². The summed E-state index contributed by atoms with van der Waals surface area (Å²) < 4.78 is 0. The van der Waals surface area contributed by atoms with Crippen LogP contribution < -0.4 is 10.6 Å². The van der Waals surface area contributed by atoms with E-state index in [2.05, 4.69) is 46.3 Å². The molecule has 4 rings (SSSR count). The van der Waals surface area contributed by atoms with Crippen molar-refractivity contribution in [3.8, 4) is 11.1 Å². The first kappa shape index (κ1) is 20.1. The molecule has 0 radical (unpaired) electrons. The van der Waals surface area contributed by atoms with Crippen LogP contribution in [-0.4, -0.2) is 11.9 Å². The number of thiophene rings is 1. The number of anilines is 1. The lowest BCUT2D eigenvalue weighted by Crippen LogP contribution is -2.40. The van der Waals surface area contributed by atoms with E-state index in [-0.39, 0.29) is 18.0 Å². The van der Waals surface area contributed by atoms with Crippen LogP contribution in [0.3, 0.4) is 0 Å². The number of carbonyl (C=O) groups is 1. The molecule has 30 heavy (non-hydrogen) atoms. The van der Waals surface area contributed by atoms with Gasteiger partial charge in [-0.15, -0.1) is 11.3 Å². The molecule has 0 saturated carbocycles. The lowest BCUT2D eigenvalue weighted by atomic mass is 10.0. The Balaban J connectivity index is 1.53. The second-order valence-corrected chi connectivity index (χ2v) is 8.13. The molecule has 1 heterocycles. The summed E-state index contributed by atoms with van der Waals surface area (Å²) in [6.45, 7) is 1.91. The van der Waals surface area contributed by atoms with Gasteiger partial charge in [-0.2, -0.15) is 0 Å². The Morgan fingerprint density at radius 3 is 2.17 bits per heavy atom. The van der Waals surface area contributed by atoms with Crippen LogP contribution in [0, 0.1) is 0 Å². The van der Waals surface area contributed by atoms with Crippen molar-refractivity contribution in [1.29, 1.82) is 0 Å². The molecule has 3 nitrogen and oxygen atoms in total. The molecule has 0 aliphatic carbocycles. The Morgan fingerprint density at radius 2 is 1.47 bits per heavy atom. The molecule has 0 aliphatic heterocycles. The van der Waals surface area contributed by atoms with Crippen LogP contribution in [0.15, 0.2) is 102 Å². The molecule has 2 atom stereocenters. The molecule has 2 N–H and O–H groups in total. The van der Waals surface area contributed by atoms with Gasteiger partial charge < -0.3 is 5.32 Å². The molecule has 0 aliphatic rings. The first-order valence-corrected chi connectivity index (χ1v) is 10.9. The zero-order chi connectivity index (χ0) is 20.8. The van der Waals surface area contributed by atoms with E-state index in [1.165, 1.54) is 4.88 Å². The average Bonchev–Trinajstić information content (AvgIpc) is 3.33. The molecule has 1 aromatic heterocycles. The lowest BCUT2D eigenvalue weighted by Gasteiger charge is -2.23. The molecule has 0 bridgehead atoms. The fourth-order valence-electron chi connectivity index (χ4n) is 3.47. The topological polar surface area (TPSA) is 41.1 Å². The molecule has 150 valence electrons. The third-order valence-electron chi connectivity index (χ3n) is 5.04. The maximum atomic E-state index is 13.1. The maximum Gasteiger partial charge on any atom is 0.241 e. The molecule has 0 spiro atoms. The fraction of sp³-hybridized carbons (Fsp3) is 0.115. The molecular weight excluding hydrogens is 388 g/mol. The second-order valence-electron chi connectivity index (χ2n) is 7.15. The molecule has 0 fully saturated rings. The van der Waals surface area contributed by atoms with Crippen molar-refractivity contribution in [3.63, 3.8) is 0 Å². The summed E-state index contributed by atoms with van der Waals surface area (Å²) >= 11 is 1.69. The normalized spacial score (nSPS) is 12.8. The van der Waals surface area contributed by atoms with Crippen molar-refractivity contribution >= 4 is 22.9 Å². The van der Waals surface area contributed by atoms with Crippen LogP contribution >= 0.6 is 11.3 Å². The minimum atomic E-state index is -0.374. The zero-order valence-electron chi connectivity index (χ0n) is 16.8. The Hall–Kier alpha value is -3.21. The molecule has 0 saturated heterocycles. The smallest absolute Gasteiger partial charge is 0.241 e. The fourth-order valence-corrected chi connectivity index (χ4v) is 4.28. The van der Waals surface area contributed by atoms with E-state index in [1.54, 1.807) is 11.3 Å². The van der Waals surface area contributed by atoms with Crippen molar-refractivity contribution in [2.24, 2.45) is 0 Å². The summed E-state index contributed by atoms with van der Waals surface area (Å²) in [7, 11) is 0. The zero-order valence-corrected chi connectivity index (χ0v) is 17.6. The largest absolute Gasteiger partial charge is 0.324 e. The van der Waals surface area contributed by atoms with E-state index in [0.717, 1.165) is 22.4 Å². The van der Waals surface area contributed by atoms with Gasteiger partial charge in [0, 0.05) is 16.1 Å². The number of nitrogens with one attached hydrogen (secondary N) is 2. The Labute approximate surface area is 181 Å². The van der Waals surface area contributed by atoms with E-state index < -0.39 is 0 Å². The Kier molecular flexibility index (Phi) is 6.38. The predicted octanol–water partition coefficient (Wildman–Crippen LogP) is 6.12. The first-order chi connectivity index (χ1) is 14.7. The third-order valence-corrected chi connectivity index (χ3v) is 5.98. The highest BCUT2D eigenvalue weighted by Gasteiger charge is 2.22. The average molecular weight is 413 g/mol. The predicted molar refractivity (Wildman–Crippen MR) is 126 cm³/mol. The van der Waals surface area contributed by atoms with Gasteiger partial charge in [-0.05, 0) is 35.6 Å². The van der Waals surface area contributed by atoms with E-state index in [9.17, 15) is 4.79 Å². The lowest BCUT2D eigenvalue weighted by molar-refractivity contribution is -0.117. The highest BCUT2D eigenvalue weighted by atomic mass is 32.1. The van der Waals surface area contributed by atoms with Crippen molar-refractivity contribution in [3.05, 3.63) is 113 Å². The molecule has 3 aromatic carbocycles. The van der Waals surface area contributed by atoms with Crippen LogP contribution in [-0.2, 0) is 4.79 Å². The summed E-state index contributed by atoms with van der Waals surface area (Å²) in [6.07, 6.45) is 0. The van der Waals surface area contributed by atoms with Gasteiger partial charge in [0.15, 0.2) is 0 Å². The van der Waals surface area contributed by atoms with Gasteiger partial charge in [-0.3, -0.25) is 10.1 Å². The second kappa shape index (κ2) is 9.53. The summed E-state index contributed by atoms with van der Waals surface area (Å²) in [5.74, 6) is -0.0594. The summed E-state index contributed by atoms with van der Waals surface area (Å²) in [4.78, 5) is 14.2. The van der Waals surface area contributed by atoms with Crippen LogP contribution in [0.1, 0.15) is 23.4 Å². The van der Waals surface area contributed by atoms with Crippen molar-refractivity contribution in [2.75, 3.05) is 5.32 Å². The van der Waals surface area contributed by atoms with Crippen LogP contribution in [0.5, 0.6) is 0 Å². The molecule has 4 aromatic rings. The number of hydrogen-bond acceptors (Lipinski definition) is 3. The monoisotopic (exact) mass is 412 g/mol. The SMILES string of the molecule is C[C@H](N[C@H](c1ccccc1)c1cccs1)C(=O)Nc1ccccc1-c1ccccc1. The van der Waals surface area contributed by atoms with E-state index in [0.29, 0.717) is 0 Å². The standard InChI is InChI=1S/C26H24N2OS/c1-19(27-25(24-17-10-18-30-24)21-13-6-3-7-14-21)26(29)28-23-16-9-8-15-22(23)20-11-4-2-5-12-20/h2-19,25,27H,1H3,(H,28,29)/t19-,25+/m0/s1. The number of rotatable bonds is 7. The van der Waals surface area contributed by atoms with E-state index in [4.69, 9.17) is 0 Å². The van der Waals surface area contributed by atoms with Gasteiger partial charge in [-0.25, -0.2) is 0 Å². The molecule has 1 amide bonds. The van der Waals surface area contributed by atoms with Gasteiger partial charge >= 0.3 is 0 Å². The van der Waals surface area contributed by atoms with Gasteiger partial charge in [0.05, 0.1) is 12.1 Å². The molecule has 4 heteroatoms. The minimum absolute atomic E-state index is 0.0312. The number of hydrogen-bond donors (Lipinski definition) is 2. The Morgan fingerprint density at radius 1 is 0.800 bits per heavy atom. The van der Waals surface area contributed by atoms with E-state index >= 15 is 0 Å². The number of para-hydroxylation sites is 1. The first-order valence-electron chi connectivity index (χ1n) is 10.0. The summed E-state index contributed by atoms with van der Waals surface area (Å²) in [5, 5.41) is 8.69. The van der Waals surface area contributed by atoms with Crippen LogP contribution in [0.2, 0.25) is 0 Å². The molecular formula is C26H24N2OS. The minimum Gasteiger partial charge on any atom is -0.324 e. The highest BCUT2D eigenvalue weighted by molar-refractivity contribution is 7.10. The van der Waals surface area contributed by atoms with Gasteiger partial charge in [0.2, 0.25) is 5.91 Å². The van der Waals surface area contributed by atoms with Crippen molar-refractivity contribution in [1.82, 2.24) is 5.32 Å². The van der Waals surface area contributed by atoms with Crippen molar-refractivity contribution < 1.29 is 4.79 Å². The third kappa shape index (κ3) is 4.67. The highest BCUT2D eigenvalue weighted by Crippen LogP contribution is 2.29. The van der Waals surface area contributed by atoms with Crippen LogP contribution in [0.25, 0.3) is 11.1 Å². The number of benzene rings is 3. The quantitative estimate of drug-likeness (QED) is 0.384. The van der Waals surface area contributed by atoms with E-state index in [1.807, 2.05) is 73.7 Å². The number of amides is 1. The maximum absolute atomic E-state index is 13.1. The van der Waals surface area contributed by atoms with Crippen molar-refractivity contribution in [2.45, 2.75) is 19.0 Å². The van der Waals surface area contributed by atoms with Crippen LogP contribution in [0.4, 0.5) is 5.69 Å². The van der Waals surface area contributed by atoms with Gasteiger partial charge in [0.1, 0.15) is 0 Å².